The van der Waals surface area contributed by atoms with E-state index < -0.39 is 0 Å². The summed E-state index contributed by atoms with van der Waals surface area (Å²) in [6.07, 6.45) is 0. The zero-order valence-corrected chi connectivity index (χ0v) is 5.00. The lowest BCUT2D eigenvalue weighted by molar-refractivity contribution is 0.679. The minimum Gasteiger partial charge on any atom is -0.461 e. The van der Waals surface area contributed by atoms with Gasteiger partial charge in [-0.1, -0.05) is 0 Å². The molecule has 0 saturated carbocycles. The maximum atomic E-state index is 4.95. The summed E-state index contributed by atoms with van der Waals surface area (Å²) in [6.45, 7) is 0. The van der Waals surface area contributed by atoms with Gasteiger partial charge in [0.05, 0.1) is 9.47 Å². The molecule has 0 saturated heterocycles. The average Bonchev–Trinajstić information content (AvgIpc) is 1.38. The molecular weight excluding hydrogens is 127 g/mol. The molecule has 4 heteroatoms. The summed E-state index contributed by atoms with van der Waals surface area (Å²) >= 11 is 9.17. The topological polar surface area (TPSA) is 9.23 Å². The van der Waals surface area contributed by atoms with Crippen LogP contribution in [-0.2, 0) is 4.52 Å². The van der Waals surface area contributed by atoms with E-state index in [1.165, 1.54) is 0 Å². The van der Waals surface area contributed by atoms with Crippen molar-refractivity contribution in [3.63, 3.8) is 0 Å². The van der Waals surface area contributed by atoms with E-state index in [4.69, 9.17) is 11.6 Å². The number of hydrogen-bond donors (Lipinski definition) is 0. The molecule has 0 fully saturated rings. The third-order valence-corrected chi connectivity index (χ3v) is 0.834. The predicted molar refractivity (Wildman–Crippen MR) is 29.2 cm³/mol. The second-order valence-electron chi connectivity index (χ2n) is 0.355. The number of hydrogen-bond acceptors (Lipinski definition) is 2. The molecule has 1 unspecified atom stereocenters. The monoisotopic (exact) mass is 128 g/mol. The summed E-state index contributed by atoms with van der Waals surface area (Å²) in [4.78, 5) is 0. The summed E-state index contributed by atoms with van der Waals surface area (Å²) in [6, 6.07) is 0. The number of thiocarbonyl (C=S) groups is 1. The molecule has 0 heterocycles. The van der Waals surface area contributed by atoms with Gasteiger partial charge in [-0.3, -0.25) is 0 Å². The van der Waals surface area contributed by atoms with Crippen LogP contribution >= 0.6 is 33.3 Å². The quantitative estimate of drug-likeness (QED) is 0.276. The van der Waals surface area contributed by atoms with Gasteiger partial charge < -0.3 is 4.52 Å². The zero-order valence-electron chi connectivity index (χ0n) is 2.27. The molecular formula is CH2ClOPS. The molecule has 0 bridgehead atoms. The Morgan fingerprint density at radius 1 is 2.00 bits per heavy atom. The number of halogens is 1. The Bertz CT molecular complexity index is 46.9. The Kier molecular flexibility index (Phi) is 3.17. The van der Waals surface area contributed by atoms with Gasteiger partial charge in [0.15, 0.2) is 0 Å². The first-order valence-electron chi connectivity index (χ1n) is 0.833. The van der Waals surface area contributed by atoms with E-state index in [0.29, 0.717) is 0 Å². The maximum Gasteiger partial charge on any atom is 0.257 e. The zero-order chi connectivity index (χ0) is 4.28. The van der Waals surface area contributed by atoms with Crippen molar-refractivity contribution in [3.8, 4) is 0 Å². The van der Waals surface area contributed by atoms with Crippen LogP contribution in [0.3, 0.4) is 0 Å². The maximum absolute atomic E-state index is 4.95. The molecule has 0 aromatic heterocycles. The van der Waals surface area contributed by atoms with Gasteiger partial charge in [-0.2, -0.15) is 0 Å². The molecule has 0 aromatic rings. The molecule has 0 spiro atoms. The minimum absolute atomic E-state index is 0.0231. The lowest BCUT2D eigenvalue weighted by Gasteiger charge is -1.81. The lowest BCUT2D eigenvalue weighted by Crippen LogP contribution is -1.71. The highest BCUT2D eigenvalue weighted by Crippen LogP contribution is 1.91. The first-order valence-corrected chi connectivity index (χ1v) is 2.09. The van der Waals surface area contributed by atoms with Crippen LogP contribution in [0.25, 0.3) is 0 Å². The van der Waals surface area contributed by atoms with E-state index in [9.17, 15) is 0 Å². The molecule has 5 heavy (non-hydrogen) atoms. The van der Waals surface area contributed by atoms with Crippen LogP contribution in [0.5, 0.6) is 0 Å². The third-order valence-electron chi connectivity index (χ3n) is 0.0927. The largest absolute Gasteiger partial charge is 0.461 e. The van der Waals surface area contributed by atoms with Crippen LogP contribution in [0.15, 0.2) is 0 Å². The highest BCUT2D eigenvalue weighted by atomic mass is 35.5. The van der Waals surface area contributed by atoms with E-state index in [-0.39, 0.29) is 4.51 Å². The molecule has 0 amide bonds. The van der Waals surface area contributed by atoms with E-state index in [1.54, 1.807) is 0 Å². The van der Waals surface area contributed by atoms with Crippen LogP contribution in [-0.4, -0.2) is 4.51 Å². The van der Waals surface area contributed by atoms with Crippen molar-refractivity contribution in [2.45, 2.75) is 0 Å². The van der Waals surface area contributed by atoms with Crippen molar-refractivity contribution in [1.82, 2.24) is 0 Å². The van der Waals surface area contributed by atoms with Crippen LogP contribution in [0.4, 0.5) is 0 Å². The standard InChI is InChI=1S/CH2ClOPS/c2-1(5)3-4/h4H2. The summed E-state index contributed by atoms with van der Waals surface area (Å²) < 4.78 is 4.19. The Balaban J connectivity index is 2.85. The second-order valence-corrected chi connectivity index (χ2v) is 1.53. The van der Waals surface area contributed by atoms with Crippen molar-refractivity contribution in [1.29, 1.82) is 0 Å². The SMILES string of the molecule is POC(=S)Cl. The molecule has 0 N–H and O–H groups in total. The first kappa shape index (κ1) is 5.61. The normalized spacial score (nSPS) is 6.80. The third kappa shape index (κ3) is 4.61. The molecule has 0 aliphatic carbocycles. The van der Waals surface area contributed by atoms with Gasteiger partial charge in [0.25, 0.3) is 4.51 Å². The van der Waals surface area contributed by atoms with E-state index in [0.717, 1.165) is 0 Å². The fourth-order valence-electron chi connectivity index (χ4n) is 0. The van der Waals surface area contributed by atoms with Gasteiger partial charge in [0.1, 0.15) is 0 Å². The summed E-state index contributed by atoms with van der Waals surface area (Å²) in [5.41, 5.74) is 0. The van der Waals surface area contributed by atoms with Gasteiger partial charge in [0, 0.05) is 0 Å². The predicted octanol–water partition coefficient (Wildman–Crippen LogP) is 1.32. The van der Waals surface area contributed by atoms with Gasteiger partial charge >= 0.3 is 0 Å². The molecule has 0 aliphatic rings. The van der Waals surface area contributed by atoms with Crippen molar-refractivity contribution < 1.29 is 4.52 Å². The van der Waals surface area contributed by atoms with Gasteiger partial charge in [-0.25, -0.2) is 0 Å². The van der Waals surface area contributed by atoms with E-state index in [2.05, 4.69) is 16.7 Å². The van der Waals surface area contributed by atoms with Crippen molar-refractivity contribution >= 4 is 37.8 Å². The Hall–Kier alpha value is 0.610. The van der Waals surface area contributed by atoms with Crippen LogP contribution in [0.2, 0.25) is 0 Å². The van der Waals surface area contributed by atoms with Crippen molar-refractivity contribution in [2.24, 2.45) is 0 Å². The molecule has 0 rings (SSSR count). The summed E-state index contributed by atoms with van der Waals surface area (Å²) in [7, 11) is 1.92. The first-order chi connectivity index (χ1) is 2.27. The molecule has 1 nitrogen and oxygen atoms in total. The highest BCUT2D eigenvalue weighted by molar-refractivity contribution is 7.83. The van der Waals surface area contributed by atoms with Crippen molar-refractivity contribution in [3.05, 3.63) is 0 Å². The lowest BCUT2D eigenvalue weighted by atomic mass is 11.7. The van der Waals surface area contributed by atoms with Gasteiger partial charge in [-0.05, 0) is 23.8 Å². The fraction of sp³-hybridized carbons (Fsp3) is 0. The Morgan fingerprint density at radius 2 is 2.20 bits per heavy atom. The van der Waals surface area contributed by atoms with Crippen LogP contribution in [0.1, 0.15) is 0 Å². The average molecular weight is 129 g/mol. The molecule has 1 atom stereocenters. The molecule has 0 aliphatic heterocycles. The van der Waals surface area contributed by atoms with E-state index in [1.807, 2.05) is 9.47 Å². The van der Waals surface area contributed by atoms with E-state index >= 15 is 0 Å². The second kappa shape index (κ2) is 2.83. The number of rotatable bonds is 0. The fourth-order valence-corrected chi connectivity index (χ4v) is 0. The summed E-state index contributed by atoms with van der Waals surface area (Å²) in [5, 5.41) is 0. The van der Waals surface area contributed by atoms with Gasteiger partial charge in [-0.15, -0.1) is 0 Å². The van der Waals surface area contributed by atoms with Crippen LogP contribution in [0, 0.1) is 0 Å². The molecule has 30 valence electrons. The highest BCUT2D eigenvalue weighted by Gasteiger charge is 1.74. The Labute approximate surface area is 42.9 Å². The van der Waals surface area contributed by atoms with Gasteiger partial charge in [0.2, 0.25) is 0 Å². The smallest absolute Gasteiger partial charge is 0.257 e. The minimum atomic E-state index is 0.0231. The molecule has 0 radical (unpaired) electrons. The summed E-state index contributed by atoms with van der Waals surface area (Å²) in [5.74, 6) is 0. The van der Waals surface area contributed by atoms with Crippen LogP contribution < -0.4 is 0 Å². The van der Waals surface area contributed by atoms with Crippen molar-refractivity contribution in [2.75, 3.05) is 0 Å². The molecule has 0 aromatic carbocycles. The Morgan fingerprint density at radius 3 is 2.20 bits per heavy atom.